The zero-order valence-electron chi connectivity index (χ0n) is 20.4. The molecule has 184 valence electrons. The second-order valence-electron chi connectivity index (χ2n) is 9.23. The van der Waals surface area contributed by atoms with Gasteiger partial charge in [0.1, 0.15) is 18.0 Å². The molecule has 2 aromatic heterocycles. The van der Waals surface area contributed by atoms with Crippen molar-refractivity contribution in [2.24, 2.45) is 0 Å². The average Bonchev–Trinajstić information content (AvgIpc) is 2.73. The van der Waals surface area contributed by atoms with Crippen molar-refractivity contribution in [2.45, 2.75) is 58.8 Å². The average molecular weight is 471 g/mol. The van der Waals surface area contributed by atoms with Crippen molar-refractivity contribution in [2.75, 3.05) is 26.3 Å². The summed E-state index contributed by atoms with van der Waals surface area (Å²) in [7, 11) is 0. The van der Waals surface area contributed by atoms with Crippen LogP contribution in [0.4, 0.5) is 4.79 Å². The van der Waals surface area contributed by atoms with E-state index in [4.69, 9.17) is 14.2 Å². The van der Waals surface area contributed by atoms with Gasteiger partial charge < -0.3 is 19.1 Å². The van der Waals surface area contributed by atoms with Gasteiger partial charge in [0.25, 0.3) is 0 Å². The van der Waals surface area contributed by atoms with Gasteiger partial charge in [-0.15, -0.1) is 0 Å². The van der Waals surface area contributed by atoms with Gasteiger partial charge in [0.15, 0.2) is 0 Å². The van der Waals surface area contributed by atoms with Gasteiger partial charge in [0.05, 0.1) is 31.1 Å². The van der Waals surface area contributed by atoms with Crippen molar-refractivity contribution in [1.29, 1.82) is 0 Å². The standard InChI is InChI=1S/C25H34N4O5/c1-5-32-23(30)17-28(16-20-8-6-7-10-27-20)15-19-12-22(14-26-13-19)33-18-21-9-11-29(21)24(31)34-25(2,3)4/h6-8,10,12-14,21H,5,9,11,15-18H2,1-4H3/t21-/m0/s1. The van der Waals surface area contributed by atoms with Crippen LogP contribution in [0.3, 0.4) is 0 Å². The molecule has 0 unspecified atom stereocenters. The van der Waals surface area contributed by atoms with E-state index in [1.807, 2.05) is 49.9 Å². The summed E-state index contributed by atoms with van der Waals surface area (Å²) in [6, 6.07) is 7.58. The van der Waals surface area contributed by atoms with E-state index < -0.39 is 5.60 Å². The quantitative estimate of drug-likeness (QED) is 0.488. The number of pyridine rings is 2. The summed E-state index contributed by atoms with van der Waals surface area (Å²) in [4.78, 5) is 36.7. The monoisotopic (exact) mass is 470 g/mol. The van der Waals surface area contributed by atoms with Crippen LogP contribution in [0, 0.1) is 0 Å². The fourth-order valence-electron chi connectivity index (χ4n) is 3.53. The van der Waals surface area contributed by atoms with Crippen LogP contribution in [-0.2, 0) is 27.4 Å². The van der Waals surface area contributed by atoms with E-state index in [0.717, 1.165) is 17.7 Å². The summed E-state index contributed by atoms with van der Waals surface area (Å²) in [5.74, 6) is 0.327. The first-order valence-corrected chi connectivity index (χ1v) is 11.6. The van der Waals surface area contributed by atoms with Crippen LogP contribution in [0.25, 0.3) is 0 Å². The molecule has 3 heterocycles. The molecule has 34 heavy (non-hydrogen) atoms. The number of nitrogens with zero attached hydrogens (tertiary/aromatic N) is 4. The van der Waals surface area contributed by atoms with Gasteiger partial charge in [-0.2, -0.15) is 0 Å². The number of hydrogen-bond acceptors (Lipinski definition) is 8. The Bertz CT molecular complexity index is 948. The lowest BCUT2D eigenvalue weighted by Crippen LogP contribution is -2.55. The number of carbonyl (C=O) groups is 2. The minimum absolute atomic E-state index is 0.0250. The normalized spacial score (nSPS) is 15.6. The van der Waals surface area contributed by atoms with Crippen molar-refractivity contribution in [3.8, 4) is 5.75 Å². The summed E-state index contributed by atoms with van der Waals surface area (Å²) in [6.07, 6.45) is 5.68. The topological polar surface area (TPSA) is 94.1 Å². The molecule has 3 rings (SSSR count). The van der Waals surface area contributed by atoms with Crippen molar-refractivity contribution >= 4 is 12.1 Å². The number of carbonyl (C=O) groups excluding carboxylic acids is 2. The summed E-state index contributed by atoms with van der Waals surface area (Å²) < 4.78 is 16.5. The lowest BCUT2D eigenvalue weighted by atomic mass is 10.1. The van der Waals surface area contributed by atoms with Crippen LogP contribution in [0.5, 0.6) is 5.75 Å². The van der Waals surface area contributed by atoms with Crippen molar-refractivity contribution in [3.63, 3.8) is 0 Å². The van der Waals surface area contributed by atoms with Gasteiger partial charge in [-0.05, 0) is 57.9 Å². The fraction of sp³-hybridized carbons (Fsp3) is 0.520. The van der Waals surface area contributed by atoms with E-state index in [1.165, 1.54) is 0 Å². The first kappa shape index (κ1) is 25.4. The third kappa shape index (κ3) is 7.98. The summed E-state index contributed by atoms with van der Waals surface area (Å²) in [5.41, 5.74) is 1.23. The number of esters is 1. The summed E-state index contributed by atoms with van der Waals surface area (Å²) in [6.45, 7) is 9.83. The molecule has 0 aromatic carbocycles. The maximum atomic E-state index is 12.3. The molecule has 0 radical (unpaired) electrons. The zero-order valence-corrected chi connectivity index (χ0v) is 20.4. The van der Waals surface area contributed by atoms with Crippen LogP contribution in [0.15, 0.2) is 42.9 Å². The summed E-state index contributed by atoms with van der Waals surface area (Å²) in [5, 5.41) is 0. The van der Waals surface area contributed by atoms with Crippen LogP contribution in [0.2, 0.25) is 0 Å². The molecule has 1 fully saturated rings. The molecule has 0 spiro atoms. The van der Waals surface area contributed by atoms with E-state index in [2.05, 4.69) is 9.97 Å². The number of ether oxygens (including phenoxy) is 3. The van der Waals surface area contributed by atoms with Crippen LogP contribution in [-0.4, -0.2) is 69.8 Å². The zero-order chi connectivity index (χ0) is 24.6. The molecule has 1 aliphatic rings. The van der Waals surface area contributed by atoms with Gasteiger partial charge in [0, 0.05) is 32.0 Å². The van der Waals surface area contributed by atoms with E-state index in [1.54, 1.807) is 30.4 Å². The van der Waals surface area contributed by atoms with E-state index in [9.17, 15) is 9.59 Å². The minimum Gasteiger partial charge on any atom is -0.490 e. The molecule has 9 heteroatoms. The molecule has 0 aliphatic carbocycles. The molecule has 1 saturated heterocycles. The lowest BCUT2D eigenvalue weighted by molar-refractivity contribution is -0.144. The number of aromatic nitrogens is 2. The highest BCUT2D eigenvalue weighted by Crippen LogP contribution is 2.23. The third-order valence-corrected chi connectivity index (χ3v) is 5.16. The van der Waals surface area contributed by atoms with Gasteiger partial charge in [-0.3, -0.25) is 19.7 Å². The third-order valence-electron chi connectivity index (χ3n) is 5.16. The molecule has 1 amide bonds. The van der Waals surface area contributed by atoms with Gasteiger partial charge in [0.2, 0.25) is 0 Å². The van der Waals surface area contributed by atoms with E-state index in [0.29, 0.717) is 38.6 Å². The Morgan fingerprint density at radius 2 is 2.03 bits per heavy atom. The number of amides is 1. The Kier molecular flexibility index (Phi) is 8.81. The maximum absolute atomic E-state index is 12.3. The number of hydrogen-bond donors (Lipinski definition) is 0. The van der Waals surface area contributed by atoms with Crippen LogP contribution < -0.4 is 4.74 Å². The Balaban J connectivity index is 1.59. The molecule has 1 aliphatic heterocycles. The van der Waals surface area contributed by atoms with Crippen molar-refractivity contribution in [1.82, 2.24) is 19.8 Å². The molecule has 0 saturated carbocycles. The Morgan fingerprint density at radius 3 is 2.68 bits per heavy atom. The van der Waals surface area contributed by atoms with E-state index >= 15 is 0 Å². The van der Waals surface area contributed by atoms with E-state index in [-0.39, 0.29) is 24.6 Å². The van der Waals surface area contributed by atoms with Crippen molar-refractivity contribution in [3.05, 3.63) is 54.1 Å². The molecular formula is C25H34N4O5. The van der Waals surface area contributed by atoms with Crippen LogP contribution >= 0.6 is 0 Å². The highest BCUT2D eigenvalue weighted by molar-refractivity contribution is 5.71. The molecular weight excluding hydrogens is 436 g/mol. The van der Waals surface area contributed by atoms with Gasteiger partial charge >= 0.3 is 12.1 Å². The smallest absolute Gasteiger partial charge is 0.410 e. The summed E-state index contributed by atoms with van der Waals surface area (Å²) >= 11 is 0. The Hall–Kier alpha value is -3.20. The SMILES string of the molecule is CCOC(=O)CN(Cc1cncc(OC[C@@H]2CCN2C(=O)OC(C)(C)C)c1)Cc1ccccn1. The highest BCUT2D eigenvalue weighted by Gasteiger charge is 2.35. The number of likely N-dealkylation sites (tertiary alicyclic amines) is 1. The second-order valence-corrected chi connectivity index (χ2v) is 9.23. The predicted octanol–water partition coefficient (Wildman–Crippen LogP) is 3.43. The Morgan fingerprint density at radius 1 is 1.21 bits per heavy atom. The predicted molar refractivity (Wildman–Crippen MR) is 126 cm³/mol. The maximum Gasteiger partial charge on any atom is 0.410 e. The molecule has 9 nitrogen and oxygen atoms in total. The fourth-order valence-corrected chi connectivity index (χ4v) is 3.53. The van der Waals surface area contributed by atoms with Crippen molar-refractivity contribution < 1.29 is 23.8 Å². The lowest BCUT2D eigenvalue weighted by Gasteiger charge is -2.41. The van der Waals surface area contributed by atoms with Gasteiger partial charge in [-0.1, -0.05) is 6.07 Å². The molecule has 0 N–H and O–H groups in total. The molecule has 0 bridgehead atoms. The first-order valence-electron chi connectivity index (χ1n) is 11.6. The molecule has 1 atom stereocenters. The van der Waals surface area contributed by atoms with Crippen LogP contribution in [0.1, 0.15) is 45.4 Å². The molecule has 2 aromatic rings. The highest BCUT2D eigenvalue weighted by atomic mass is 16.6. The minimum atomic E-state index is -0.527. The number of rotatable bonds is 10. The second kappa shape index (κ2) is 11.8. The Labute approximate surface area is 201 Å². The van der Waals surface area contributed by atoms with Gasteiger partial charge in [-0.25, -0.2) is 4.79 Å². The largest absolute Gasteiger partial charge is 0.490 e. The first-order chi connectivity index (χ1) is 16.2.